The van der Waals surface area contributed by atoms with Crippen molar-refractivity contribution >= 4 is 21.4 Å². The van der Waals surface area contributed by atoms with Gasteiger partial charge in [0, 0.05) is 28.8 Å². The molecule has 0 aliphatic rings. The predicted molar refractivity (Wildman–Crippen MR) is 79.1 cm³/mol. The Hall–Kier alpha value is -0.900. The molecule has 98 valence electrons. The van der Waals surface area contributed by atoms with E-state index >= 15 is 0 Å². The molecule has 2 nitrogen and oxygen atoms in total. The first-order chi connectivity index (χ1) is 8.72. The molecule has 0 atom stereocenters. The molecule has 0 aliphatic carbocycles. The van der Waals surface area contributed by atoms with E-state index in [0.29, 0.717) is 12.5 Å². The van der Waals surface area contributed by atoms with E-state index in [1.165, 1.54) is 20.5 Å². The fraction of sp³-hybridized carbons (Fsp3) is 0.467. The van der Waals surface area contributed by atoms with Crippen LogP contribution in [0.15, 0.2) is 24.3 Å². The molecule has 18 heavy (non-hydrogen) atoms. The molecule has 1 N–H and O–H groups in total. The highest BCUT2D eigenvalue weighted by atomic mass is 32.1. The van der Waals surface area contributed by atoms with Gasteiger partial charge in [0.1, 0.15) is 0 Å². The van der Waals surface area contributed by atoms with Crippen LogP contribution in [0.3, 0.4) is 0 Å². The van der Waals surface area contributed by atoms with Crippen LogP contribution in [0.4, 0.5) is 0 Å². The van der Waals surface area contributed by atoms with E-state index in [1.54, 1.807) is 7.11 Å². The molecule has 0 aliphatic heterocycles. The van der Waals surface area contributed by atoms with E-state index in [4.69, 9.17) is 4.74 Å². The van der Waals surface area contributed by atoms with Crippen LogP contribution in [0.2, 0.25) is 0 Å². The van der Waals surface area contributed by atoms with Gasteiger partial charge in [-0.25, -0.2) is 0 Å². The second kappa shape index (κ2) is 6.32. The minimum atomic E-state index is 0.685. The summed E-state index contributed by atoms with van der Waals surface area (Å²) in [4.78, 5) is 1.40. The summed E-state index contributed by atoms with van der Waals surface area (Å²) in [5, 5.41) is 4.85. The maximum atomic E-state index is 5.34. The Bertz CT molecular complexity index is 504. The molecule has 3 heteroatoms. The zero-order valence-electron chi connectivity index (χ0n) is 11.3. The van der Waals surface area contributed by atoms with Crippen LogP contribution in [0, 0.1) is 5.92 Å². The lowest BCUT2D eigenvalue weighted by atomic mass is 10.1. The molecule has 0 radical (unpaired) electrons. The van der Waals surface area contributed by atoms with Crippen molar-refractivity contribution in [2.75, 3.05) is 13.7 Å². The first-order valence-electron chi connectivity index (χ1n) is 6.41. The monoisotopic (exact) mass is 263 g/mol. The minimum absolute atomic E-state index is 0.685. The number of methoxy groups -OCH3 is 1. The zero-order valence-corrected chi connectivity index (χ0v) is 12.1. The molecule has 0 unspecified atom stereocenters. The van der Waals surface area contributed by atoms with Gasteiger partial charge in [-0.15, -0.1) is 11.3 Å². The van der Waals surface area contributed by atoms with Gasteiger partial charge < -0.3 is 10.1 Å². The quantitative estimate of drug-likeness (QED) is 0.856. The molecule has 1 aromatic carbocycles. The van der Waals surface area contributed by atoms with Crippen molar-refractivity contribution in [3.63, 3.8) is 0 Å². The van der Waals surface area contributed by atoms with Crippen molar-refractivity contribution in [1.82, 2.24) is 5.32 Å². The van der Waals surface area contributed by atoms with Gasteiger partial charge in [-0.05, 0) is 23.9 Å². The number of rotatable bonds is 6. The smallest absolute Gasteiger partial charge is 0.0730 e. The Morgan fingerprint density at radius 2 is 2.06 bits per heavy atom. The van der Waals surface area contributed by atoms with Gasteiger partial charge in [0.25, 0.3) is 0 Å². The van der Waals surface area contributed by atoms with E-state index in [9.17, 15) is 0 Å². The third kappa shape index (κ3) is 3.10. The van der Waals surface area contributed by atoms with Gasteiger partial charge in [0.2, 0.25) is 0 Å². The number of hydrogen-bond donors (Lipinski definition) is 1. The number of benzene rings is 1. The summed E-state index contributed by atoms with van der Waals surface area (Å²) in [5.74, 6) is 0.685. The van der Waals surface area contributed by atoms with Crippen molar-refractivity contribution in [2.45, 2.75) is 27.0 Å². The summed E-state index contributed by atoms with van der Waals surface area (Å²) in [6, 6.07) is 8.57. The highest BCUT2D eigenvalue weighted by Crippen LogP contribution is 2.31. The van der Waals surface area contributed by atoms with E-state index in [2.05, 4.69) is 43.4 Å². The van der Waals surface area contributed by atoms with E-state index < -0.39 is 0 Å². The first-order valence-corrected chi connectivity index (χ1v) is 7.23. The second-order valence-electron chi connectivity index (χ2n) is 4.96. The molecular weight excluding hydrogens is 242 g/mol. The Morgan fingerprint density at radius 3 is 2.78 bits per heavy atom. The highest BCUT2D eigenvalue weighted by molar-refractivity contribution is 7.19. The fourth-order valence-corrected chi connectivity index (χ4v) is 3.25. The summed E-state index contributed by atoms with van der Waals surface area (Å²) in [5.41, 5.74) is 1.34. The standard InChI is InChI=1S/C15H21NOS/c1-11(2)8-16-9-15-13(10-17-3)12-6-4-5-7-14(12)18-15/h4-7,11,16H,8-10H2,1-3H3. The van der Waals surface area contributed by atoms with Gasteiger partial charge in [0.15, 0.2) is 0 Å². The van der Waals surface area contributed by atoms with Gasteiger partial charge in [-0.2, -0.15) is 0 Å². The van der Waals surface area contributed by atoms with Gasteiger partial charge in [-0.3, -0.25) is 0 Å². The summed E-state index contributed by atoms with van der Waals surface area (Å²) < 4.78 is 6.69. The van der Waals surface area contributed by atoms with Crippen molar-refractivity contribution < 1.29 is 4.74 Å². The zero-order chi connectivity index (χ0) is 13.0. The number of ether oxygens (including phenoxy) is 1. The number of fused-ring (bicyclic) bond motifs is 1. The topological polar surface area (TPSA) is 21.3 Å². The summed E-state index contributed by atoms with van der Waals surface area (Å²) in [6.07, 6.45) is 0. The van der Waals surface area contributed by atoms with Crippen molar-refractivity contribution in [3.05, 3.63) is 34.7 Å². The summed E-state index contributed by atoms with van der Waals surface area (Å²) in [7, 11) is 1.76. The molecule has 0 saturated carbocycles. The Morgan fingerprint density at radius 1 is 1.28 bits per heavy atom. The molecular formula is C15H21NOS. The summed E-state index contributed by atoms with van der Waals surface area (Å²) in [6.45, 7) is 7.15. The molecule has 2 aromatic rings. The lowest BCUT2D eigenvalue weighted by Gasteiger charge is -2.08. The lowest BCUT2D eigenvalue weighted by Crippen LogP contribution is -2.19. The van der Waals surface area contributed by atoms with Gasteiger partial charge in [-0.1, -0.05) is 32.0 Å². The van der Waals surface area contributed by atoms with Crippen LogP contribution in [0.25, 0.3) is 10.1 Å². The van der Waals surface area contributed by atoms with Crippen LogP contribution in [-0.4, -0.2) is 13.7 Å². The van der Waals surface area contributed by atoms with Crippen LogP contribution >= 0.6 is 11.3 Å². The van der Waals surface area contributed by atoms with E-state index in [-0.39, 0.29) is 0 Å². The van der Waals surface area contributed by atoms with Crippen LogP contribution in [0.5, 0.6) is 0 Å². The number of hydrogen-bond acceptors (Lipinski definition) is 3. The van der Waals surface area contributed by atoms with Crippen LogP contribution in [-0.2, 0) is 17.9 Å². The SMILES string of the molecule is COCc1c(CNCC(C)C)sc2ccccc12. The maximum absolute atomic E-state index is 5.34. The predicted octanol–water partition coefficient (Wildman–Crippen LogP) is 3.79. The average Bonchev–Trinajstić information content (AvgIpc) is 2.68. The molecule has 1 heterocycles. The maximum Gasteiger partial charge on any atom is 0.0730 e. The molecule has 0 bridgehead atoms. The second-order valence-corrected chi connectivity index (χ2v) is 6.09. The number of thiophene rings is 1. The fourth-order valence-electron chi connectivity index (χ4n) is 2.07. The molecule has 1 aromatic heterocycles. The summed E-state index contributed by atoms with van der Waals surface area (Å²) >= 11 is 1.87. The van der Waals surface area contributed by atoms with Crippen molar-refractivity contribution in [2.24, 2.45) is 5.92 Å². The number of nitrogens with one attached hydrogen (secondary N) is 1. The average molecular weight is 263 g/mol. The minimum Gasteiger partial charge on any atom is -0.380 e. The van der Waals surface area contributed by atoms with Crippen LogP contribution < -0.4 is 5.32 Å². The van der Waals surface area contributed by atoms with Gasteiger partial charge >= 0.3 is 0 Å². The highest BCUT2D eigenvalue weighted by Gasteiger charge is 2.11. The normalized spacial score (nSPS) is 11.6. The van der Waals surface area contributed by atoms with E-state index in [0.717, 1.165) is 13.1 Å². The molecule has 2 rings (SSSR count). The Kier molecular flexibility index (Phi) is 4.75. The largest absolute Gasteiger partial charge is 0.380 e. The molecule has 0 amide bonds. The molecule has 0 fully saturated rings. The molecule has 0 spiro atoms. The van der Waals surface area contributed by atoms with Crippen LogP contribution in [0.1, 0.15) is 24.3 Å². The Balaban J connectivity index is 2.22. The Labute approximate surface area is 113 Å². The van der Waals surface area contributed by atoms with E-state index in [1.807, 2.05) is 11.3 Å². The molecule has 0 saturated heterocycles. The third-order valence-electron chi connectivity index (χ3n) is 2.91. The van der Waals surface area contributed by atoms with Crippen molar-refractivity contribution in [3.8, 4) is 0 Å². The first kappa shape index (κ1) is 13.5. The lowest BCUT2D eigenvalue weighted by molar-refractivity contribution is 0.185. The van der Waals surface area contributed by atoms with Crippen molar-refractivity contribution in [1.29, 1.82) is 0 Å². The van der Waals surface area contributed by atoms with Gasteiger partial charge in [0.05, 0.1) is 6.61 Å². The third-order valence-corrected chi connectivity index (χ3v) is 4.12.